The van der Waals surface area contributed by atoms with Gasteiger partial charge >= 0.3 is 0 Å². The van der Waals surface area contributed by atoms with Crippen LogP contribution in [0.4, 0.5) is 0 Å². The number of hydrogen-bond donors (Lipinski definition) is 1. The first-order chi connectivity index (χ1) is 14.2. The third-order valence-electron chi connectivity index (χ3n) is 4.72. The number of amides is 1. The Bertz CT molecular complexity index is 799. The van der Waals surface area contributed by atoms with E-state index in [1.807, 2.05) is 29.2 Å². The quantitative estimate of drug-likeness (QED) is 0.434. The molecule has 1 amide bonds. The highest BCUT2D eigenvalue weighted by molar-refractivity contribution is 5.91. The first-order valence-electron chi connectivity index (χ1n) is 9.70. The Balaban J connectivity index is 1.49. The molecule has 0 atom stereocenters. The molecule has 3 rings (SSSR count). The lowest BCUT2D eigenvalue weighted by molar-refractivity contribution is 0.0657. The molecule has 2 heterocycles. The molecule has 0 aliphatic carbocycles. The Hall–Kier alpha value is -3.00. The van der Waals surface area contributed by atoms with Gasteiger partial charge in [0.1, 0.15) is 12.4 Å². The molecule has 0 unspecified atom stereocenters. The molecule has 1 aromatic carbocycles. The molecule has 2 aromatic rings. The average molecular weight is 400 g/mol. The van der Waals surface area contributed by atoms with E-state index in [1.165, 1.54) is 6.26 Å². The highest BCUT2D eigenvalue weighted by Gasteiger charge is 2.25. The Labute approximate surface area is 171 Å². The molecule has 1 fully saturated rings. The predicted octanol–water partition coefficient (Wildman–Crippen LogP) is 1.84. The van der Waals surface area contributed by atoms with Crippen LogP contribution in [-0.2, 0) is 11.3 Å². The van der Waals surface area contributed by atoms with Gasteiger partial charge in [0.25, 0.3) is 5.91 Å². The minimum atomic E-state index is -0.0668. The average Bonchev–Trinajstić information content (AvgIpc) is 3.30. The number of carbonyl (C=O) groups excluding carboxylic acids is 1. The van der Waals surface area contributed by atoms with Crippen LogP contribution in [0.2, 0.25) is 0 Å². The van der Waals surface area contributed by atoms with Gasteiger partial charge in [-0.2, -0.15) is 0 Å². The third kappa shape index (κ3) is 5.74. The molecule has 1 aliphatic heterocycles. The minimum Gasteiger partial charge on any atom is -0.491 e. The van der Waals surface area contributed by atoms with Gasteiger partial charge in [0, 0.05) is 46.9 Å². The molecule has 1 aromatic heterocycles. The monoisotopic (exact) mass is 400 g/mol. The number of ether oxygens (including phenoxy) is 2. The predicted molar refractivity (Wildman–Crippen MR) is 110 cm³/mol. The van der Waals surface area contributed by atoms with Crippen molar-refractivity contribution in [3.8, 4) is 5.75 Å². The van der Waals surface area contributed by atoms with E-state index in [2.05, 4.69) is 15.2 Å². The van der Waals surface area contributed by atoms with E-state index in [9.17, 15) is 4.79 Å². The summed E-state index contributed by atoms with van der Waals surface area (Å²) in [6, 6.07) is 11.4. The Kier molecular flexibility index (Phi) is 7.52. The molecule has 8 nitrogen and oxygen atoms in total. The van der Waals surface area contributed by atoms with E-state index >= 15 is 0 Å². The zero-order valence-corrected chi connectivity index (χ0v) is 17.0. The van der Waals surface area contributed by atoms with Crippen molar-refractivity contribution in [1.82, 2.24) is 15.1 Å². The SMILES string of the molecule is CN=C(NCc1cccc(OCCOC)c1)N1CCN(C(=O)c2ccco2)CC1. The van der Waals surface area contributed by atoms with Crippen LogP contribution in [0, 0.1) is 0 Å². The fourth-order valence-electron chi connectivity index (χ4n) is 3.18. The van der Waals surface area contributed by atoms with E-state index in [-0.39, 0.29) is 5.91 Å². The van der Waals surface area contributed by atoms with E-state index in [0.29, 0.717) is 51.7 Å². The first kappa shape index (κ1) is 20.7. The summed E-state index contributed by atoms with van der Waals surface area (Å²) >= 11 is 0. The Morgan fingerprint density at radius 1 is 1.14 bits per heavy atom. The first-order valence-corrected chi connectivity index (χ1v) is 9.70. The fraction of sp³-hybridized carbons (Fsp3) is 0.429. The molecular weight excluding hydrogens is 372 g/mol. The molecule has 0 spiro atoms. The maximum absolute atomic E-state index is 12.4. The molecule has 8 heteroatoms. The summed E-state index contributed by atoms with van der Waals surface area (Å²) in [6.45, 7) is 4.41. The van der Waals surface area contributed by atoms with E-state index in [4.69, 9.17) is 13.9 Å². The number of hydrogen-bond acceptors (Lipinski definition) is 5. The van der Waals surface area contributed by atoms with Crippen LogP contribution in [0.5, 0.6) is 5.75 Å². The standard InChI is InChI=1S/C21H28N4O4/c1-22-21(23-16-17-5-3-6-18(15-17)28-14-13-27-2)25-10-8-24(9-11-25)20(26)19-7-4-12-29-19/h3-7,12,15H,8-11,13-14,16H2,1-2H3,(H,22,23). The van der Waals surface area contributed by atoms with E-state index < -0.39 is 0 Å². The molecule has 1 N–H and O–H groups in total. The summed E-state index contributed by atoms with van der Waals surface area (Å²) in [5, 5.41) is 3.40. The Morgan fingerprint density at radius 2 is 1.93 bits per heavy atom. The number of rotatable bonds is 7. The normalized spacial score (nSPS) is 14.8. The number of nitrogens with zero attached hydrogens (tertiary/aromatic N) is 3. The number of piperazine rings is 1. The highest BCUT2D eigenvalue weighted by atomic mass is 16.5. The third-order valence-corrected chi connectivity index (χ3v) is 4.72. The van der Waals surface area contributed by atoms with Crippen molar-refractivity contribution in [2.45, 2.75) is 6.54 Å². The zero-order valence-electron chi connectivity index (χ0n) is 17.0. The lowest BCUT2D eigenvalue weighted by atomic mass is 10.2. The van der Waals surface area contributed by atoms with Crippen molar-refractivity contribution < 1.29 is 18.7 Å². The van der Waals surface area contributed by atoms with Crippen molar-refractivity contribution in [2.24, 2.45) is 4.99 Å². The van der Waals surface area contributed by atoms with Crippen molar-refractivity contribution >= 4 is 11.9 Å². The van der Waals surface area contributed by atoms with Crippen LogP contribution in [0.1, 0.15) is 16.1 Å². The minimum absolute atomic E-state index is 0.0668. The topological polar surface area (TPSA) is 79.5 Å². The van der Waals surface area contributed by atoms with E-state index in [0.717, 1.165) is 17.3 Å². The molecule has 1 aliphatic rings. The maximum atomic E-state index is 12.4. The van der Waals surface area contributed by atoms with Gasteiger partial charge < -0.3 is 29.0 Å². The number of benzene rings is 1. The lowest BCUT2D eigenvalue weighted by Gasteiger charge is -2.36. The van der Waals surface area contributed by atoms with Gasteiger partial charge in [-0.1, -0.05) is 12.1 Å². The van der Waals surface area contributed by atoms with Gasteiger partial charge in [-0.15, -0.1) is 0 Å². The summed E-state index contributed by atoms with van der Waals surface area (Å²) in [4.78, 5) is 20.7. The van der Waals surface area contributed by atoms with Crippen LogP contribution in [-0.4, -0.2) is 75.2 Å². The van der Waals surface area contributed by atoms with Gasteiger partial charge in [-0.25, -0.2) is 0 Å². The molecule has 0 bridgehead atoms. The second kappa shape index (κ2) is 10.5. The Morgan fingerprint density at radius 3 is 2.62 bits per heavy atom. The van der Waals surface area contributed by atoms with Crippen LogP contribution in [0.15, 0.2) is 52.1 Å². The molecule has 1 saturated heterocycles. The number of aliphatic imine (C=N–C) groups is 1. The van der Waals surface area contributed by atoms with Gasteiger partial charge in [0.15, 0.2) is 11.7 Å². The molecule has 29 heavy (non-hydrogen) atoms. The second-order valence-electron chi connectivity index (χ2n) is 6.65. The maximum Gasteiger partial charge on any atom is 0.289 e. The number of carbonyl (C=O) groups is 1. The summed E-state index contributed by atoms with van der Waals surface area (Å²) in [6.07, 6.45) is 1.52. The second-order valence-corrected chi connectivity index (χ2v) is 6.65. The van der Waals surface area contributed by atoms with Crippen molar-refractivity contribution in [2.75, 3.05) is 53.6 Å². The summed E-state index contributed by atoms with van der Waals surface area (Å²) in [5.41, 5.74) is 1.10. The lowest BCUT2D eigenvalue weighted by Crippen LogP contribution is -2.53. The van der Waals surface area contributed by atoms with Gasteiger partial charge in [-0.3, -0.25) is 9.79 Å². The van der Waals surface area contributed by atoms with Gasteiger partial charge in [-0.05, 0) is 29.8 Å². The number of nitrogens with one attached hydrogen (secondary N) is 1. The summed E-state index contributed by atoms with van der Waals surface area (Å²) in [5.74, 6) is 1.96. The van der Waals surface area contributed by atoms with Gasteiger partial charge in [0.05, 0.1) is 12.9 Å². The van der Waals surface area contributed by atoms with Crippen LogP contribution in [0.25, 0.3) is 0 Å². The molecule has 0 saturated carbocycles. The number of methoxy groups -OCH3 is 1. The largest absolute Gasteiger partial charge is 0.491 e. The van der Waals surface area contributed by atoms with Crippen molar-refractivity contribution in [3.05, 3.63) is 54.0 Å². The molecule has 0 radical (unpaired) electrons. The van der Waals surface area contributed by atoms with Gasteiger partial charge in [0.2, 0.25) is 0 Å². The summed E-state index contributed by atoms with van der Waals surface area (Å²) in [7, 11) is 3.43. The van der Waals surface area contributed by atoms with E-state index in [1.54, 1.807) is 26.3 Å². The van der Waals surface area contributed by atoms with Crippen LogP contribution >= 0.6 is 0 Å². The zero-order chi connectivity index (χ0) is 20.5. The van der Waals surface area contributed by atoms with Crippen molar-refractivity contribution in [1.29, 1.82) is 0 Å². The molecule has 156 valence electrons. The number of guanidine groups is 1. The van der Waals surface area contributed by atoms with Crippen molar-refractivity contribution in [3.63, 3.8) is 0 Å². The smallest absolute Gasteiger partial charge is 0.289 e. The van der Waals surface area contributed by atoms with Crippen LogP contribution in [0.3, 0.4) is 0 Å². The van der Waals surface area contributed by atoms with Crippen LogP contribution < -0.4 is 10.1 Å². The molecular formula is C21H28N4O4. The summed E-state index contributed by atoms with van der Waals surface area (Å²) < 4.78 is 15.9. The fourth-order valence-corrected chi connectivity index (χ4v) is 3.18. The number of furan rings is 1. The highest BCUT2D eigenvalue weighted by Crippen LogP contribution is 2.14.